The normalized spacial score (nSPS) is 30.1. The molecule has 3 rings (SSSR count). The summed E-state index contributed by atoms with van der Waals surface area (Å²) in [7, 11) is 0. The summed E-state index contributed by atoms with van der Waals surface area (Å²) in [6, 6.07) is 10.4. The third-order valence-electron chi connectivity index (χ3n) is 3.83. The maximum atomic E-state index is 12.4. The number of hydrogen-bond acceptors (Lipinski definition) is 1. The Bertz CT molecular complexity index is 468. The number of halogens is 1. The lowest BCUT2D eigenvalue weighted by molar-refractivity contribution is -0.114. The Morgan fingerprint density at radius 3 is 2.71 bits per heavy atom. The Labute approximate surface area is 109 Å². The van der Waals surface area contributed by atoms with Crippen LogP contribution in [0.15, 0.2) is 40.9 Å². The largest absolute Gasteiger partial charge is 0.305 e. The number of hydrogen-bond donors (Lipinski definition) is 0. The van der Waals surface area contributed by atoms with E-state index in [0.717, 1.165) is 24.1 Å². The average Bonchev–Trinajstić information content (AvgIpc) is 2.89. The number of carbonyl (C=O) groups excluding carboxylic acids is 1. The standard InChI is InChI=1S/C14H14BrNO/c15-9-12-11-7-4-8-13(11)16(14(12)17)10-5-2-1-3-6-10/h1-3,5-6,9,11,13H,4,7-8H2/b12-9-. The van der Waals surface area contributed by atoms with Gasteiger partial charge in [0.25, 0.3) is 5.91 Å². The number of carbonyl (C=O) groups is 1. The van der Waals surface area contributed by atoms with Crippen molar-refractivity contribution in [1.82, 2.24) is 0 Å². The van der Waals surface area contributed by atoms with Crippen LogP contribution < -0.4 is 4.90 Å². The Morgan fingerprint density at radius 1 is 1.24 bits per heavy atom. The number of rotatable bonds is 1. The summed E-state index contributed by atoms with van der Waals surface area (Å²) >= 11 is 3.34. The van der Waals surface area contributed by atoms with Crippen molar-refractivity contribution in [1.29, 1.82) is 0 Å². The average molecular weight is 292 g/mol. The molecule has 0 bridgehead atoms. The van der Waals surface area contributed by atoms with Gasteiger partial charge >= 0.3 is 0 Å². The molecule has 1 aliphatic carbocycles. The Balaban J connectivity index is 2.03. The van der Waals surface area contributed by atoms with E-state index in [1.165, 1.54) is 6.42 Å². The Morgan fingerprint density at radius 2 is 2.00 bits per heavy atom. The van der Waals surface area contributed by atoms with Crippen molar-refractivity contribution in [2.75, 3.05) is 4.90 Å². The summed E-state index contributed by atoms with van der Waals surface area (Å²) in [5, 5.41) is 0. The molecule has 1 saturated heterocycles. The fourth-order valence-electron chi connectivity index (χ4n) is 3.09. The third kappa shape index (κ3) is 1.64. The zero-order valence-electron chi connectivity index (χ0n) is 9.47. The Hall–Kier alpha value is -1.09. The summed E-state index contributed by atoms with van der Waals surface area (Å²) < 4.78 is 0. The minimum atomic E-state index is 0.169. The number of para-hydroxylation sites is 1. The number of anilines is 1. The molecule has 2 atom stereocenters. The molecule has 2 unspecified atom stereocenters. The van der Waals surface area contributed by atoms with Crippen LogP contribution in [-0.4, -0.2) is 11.9 Å². The summed E-state index contributed by atoms with van der Waals surface area (Å²) in [5.41, 5.74) is 1.97. The van der Waals surface area contributed by atoms with Gasteiger partial charge < -0.3 is 4.90 Å². The second-order valence-electron chi connectivity index (χ2n) is 4.68. The zero-order chi connectivity index (χ0) is 11.8. The zero-order valence-corrected chi connectivity index (χ0v) is 11.1. The lowest BCUT2D eigenvalue weighted by Gasteiger charge is -2.23. The summed E-state index contributed by atoms with van der Waals surface area (Å²) in [5.74, 6) is 0.588. The van der Waals surface area contributed by atoms with Gasteiger partial charge in [0, 0.05) is 23.2 Å². The molecule has 1 aromatic carbocycles. The minimum absolute atomic E-state index is 0.169. The smallest absolute Gasteiger partial charge is 0.255 e. The highest BCUT2D eigenvalue weighted by Gasteiger charge is 2.46. The first kappa shape index (κ1) is 11.0. The molecule has 1 aliphatic heterocycles. The topological polar surface area (TPSA) is 20.3 Å². The van der Waals surface area contributed by atoms with Gasteiger partial charge in [-0.25, -0.2) is 0 Å². The van der Waals surface area contributed by atoms with E-state index in [0.29, 0.717) is 12.0 Å². The highest BCUT2D eigenvalue weighted by Crippen LogP contribution is 2.44. The molecule has 1 saturated carbocycles. The van der Waals surface area contributed by atoms with E-state index in [4.69, 9.17) is 0 Å². The van der Waals surface area contributed by atoms with Gasteiger partial charge in [-0.3, -0.25) is 4.79 Å². The molecule has 0 spiro atoms. The molecular weight excluding hydrogens is 278 g/mol. The molecule has 1 amide bonds. The van der Waals surface area contributed by atoms with Crippen LogP contribution in [0.4, 0.5) is 5.69 Å². The van der Waals surface area contributed by atoms with Crippen molar-refractivity contribution >= 4 is 27.5 Å². The molecule has 88 valence electrons. The predicted octanol–water partition coefficient (Wildman–Crippen LogP) is 3.48. The van der Waals surface area contributed by atoms with Gasteiger partial charge in [-0.15, -0.1) is 0 Å². The van der Waals surface area contributed by atoms with Crippen molar-refractivity contribution < 1.29 is 4.79 Å². The van der Waals surface area contributed by atoms with Crippen LogP contribution in [0.2, 0.25) is 0 Å². The maximum absolute atomic E-state index is 12.4. The van der Waals surface area contributed by atoms with Crippen LogP contribution in [0, 0.1) is 5.92 Å². The second kappa shape index (κ2) is 4.30. The van der Waals surface area contributed by atoms with E-state index >= 15 is 0 Å². The molecule has 0 radical (unpaired) electrons. The van der Waals surface area contributed by atoms with E-state index in [9.17, 15) is 4.79 Å². The quantitative estimate of drug-likeness (QED) is 0.726. The van der Waals surface area contributed by atoms with Crippen LogP contribution in [0.25, 0.3) is 0 Å². The fraction of sp³-hybridized carbons (Fsp3) is 0.357. The SMILES string of the molecule is O=C1/C(=C\Br)C2CCCC2N1c1ccccc1. The minimum Gasteiger partial charge on any atom is -0.305 e. The van der Waals surface area contributed by atoms with Crippen LogP contribution in [0.1, 0.15) is 19.3 Å². The molecular formula is C14H14BrNO. The van der Waals surface area contributed by atoms with Gasteiger partial charge in [-0.2, -0.15) is 0 Å². The first-order chi connectivity index (χ1) is 8.33. The van der Waals surface area contributed by atoms with Gasteiger partial charge in [0.05, 0.1) is 0 Å². The van der Waals surface area contributed by atoms with Crippen molar-refractivity contribution in [3.8, 4) is 0 Å². The van der Waals surface area contributed by atoms with E-state index in [1.807, 2.05) is 40.2 Å². The number of fused-ring (bicyclic) bond motifs is 1. The maximum Gasteiger partial charge on any atom is 0.255 e. The molecule has 0 aromatic heterocycles. The number of amides is 1. The lowest BCUT2D eigenvalue weighted by atomic mass is 10.00. The third-order valence-corrected chi connectivity index (χ3v) is 4.32. The summed E-state index contributed by atoms with van der Waals surface area (Å²) in [6.07, 6.45) is 3.48. The van der Waals surface area contributed by atoms with Gasteiger partial charge in [-0.05, 0) is 30.0 Å². The fourth-order valence-corrected chi connectivity index (χ4v) is 3.62. The molecule has 2 fully saturated rings. The molecule has 2 aliphatic rings. The van der Waals surface area contributed by atoms with Crippen LogP contribution in [-0.2, 0) is 4.79 Å². The monoisotopic (exact) mass is 291 g/mol. The second-order valence-corrected chi connectivity index (χ2v) is 5.14. The van der Waals surface area contributed by atoms with Crippen LogP contribution in [0.5, 0.6) is 0 Å². The molecule has 0 N–H and O–H groups in total. The van der Waals surface area contributed by atoms with E-state index in [-0.39, 0.29) is 5.91 Å². The van der Waals surface area contributed by atoms with E-state index in [1.54, 1.807) is 0 Å². The number of nitrogens with zero attached hydrogens (tertiary/aromatic N) is 1. The molecule has 3 heteroatoms. The van der Waals surface area contributed by atoms with Crippen molar-refractivity contribution in [2.24, 2.45) is 5.92 Å². The predicted molar refractivity (Wildman–Crippen MR) is 72.1 cm³/mol. The van der Waals surface area contributed by atoms with Crippen molar-refractivity contribution in [3.05, 3.63) is 40.9 Å². The summed E-state index contributed by atoms with van der Waals surface area (Å²) in [4.78, 5) is 16.2. The van der Waals surface area contributed by atoms with E-state index in [2.05, 4.69) is 15.9 Å². The highest BCUT2D eigenvalue weighted by atomic mass is 79.9. The van der Waals surface area contributed by atoms with Crippen molar-refractivity contribution in [2.45, 2.75) is 25.3 Å². The van der Waals surface area contributed by atoms with Crippen molar-refractivity contribution in [3.63, 3.8) is 0 Å². The number of benzene rings is 1. The molecule has 1 heterocycles. The first-order valence-electron chi connectivity index (χ1n) is 6.02. The molecule has 2 nitrogen and oxygen atoms in total. The van der Waals surface area contributed by atoms with Gasteiger partial charge in [0.2, 0.25) is 0 Å². The van der Waals surface area contributed by atoms with Gasteiger partial charge in [0.15, 0.2) is 0 Å². The molecule has 1 aromatic rings. The lowest BCUT2D eigenvalue weighted by Crippen LogP contribution is -2.33. The highest BCUT2D eigenvalue weighted by molar-refractivity contribution is 9.11. The first-order valence-corrected chi connectivity index (χ1v) is 6.93. The van der Waals surface area contributed by atoms with Crippen LogP contribution >= 0.6 is 15.9 Å². The summed E-state index contributed by atoms with van der Waals surface area (Å²) in [6.45, 7) is 0. The van der Waals surface area contributed by atoms with Gasteiger partial charge in [0.1, 0.15) is 0 Å². The molecule has 17 heavy (non-hydrogen) atoms. The van der Waals surface area contributed by atoms with Gasteiger partial charge in [-0.1, -0.05) is 40.5 Å². The van der Waals surface area contributed by atoms with Crippen LogP contribution in [0.3, 0.4) is 0 Å². The Kier molecular flexibility index (Phi) is 2.79. The van der Waals surface area contributed by atoms with E-state index < -0.39 is 0 Å².